The van der Waals surface area contributed by atoms with Crippen LogP contribution in [0.3, 0.4) is 0 Å². The van der Waals surface area contributed by atoms with Crippen molar-refractivity contribution in [1.29, 1.82) is 0 Å². The monoisotopic (exact) mass is 208 g/mol. The molecule has 0 spiro atoms. The summed E-state index contributed by atoms with van der Waals surface area (Å²) in [7, 11) is 0. The molecule has 0 saturated carbocycles. The second-order valence-electron chi connectivity index (χ2n) is 3.55. The largest absolute Gasteiger partial charge is 0.495 e. The van der Waals surface area contributed by atoms with Crippen molar-refractivity contribution in [3.63, 3.8) is 0 Å². The molecule has 0 amide bonds. The third kappa shape index (κ3) is 2.36. The summed E-state index contributed by atoms with van der Waals surface area (Å²) in [4.78, 5) is 0. The molecule has 3 heteroatoms. The molecule has 2 nitrogen and oxygen atoms in total. The molecule has 0 aromatic heterocycles. The maximum absolute atomic E-state index is 13.3. The molecule has 0 fully saturated rings. The van der Waals surface area contributed by atoms with Crippen LogP contribution in [0.4, 0.5) is 4.39 Å². The van der Waals surface area contributed by atoms with E-state index in [2.05, 4.69) is 0 Å². The van der Waals surface area contributed by atoms with Crippen molar-refractivity contribution in [1.82, 2.24) is 0 Å². The van der Waals surface area contributed by atoms with Gasteiger partial charge in [-0.3, -0.25) is 0 Å². The molecule has 1 atom stereocenters. The van der Waals surface area contributed by atoms with E-state index in [9.17, 15) is 9.50 Å². The van der Waals surface area contributed by atoms with Gasteiger partial charge in [0.2, 0.25) is 0 Å². The van der Waals surface area contributed by atoms with Gasteiger partial charge in [0.15, 0.2) is 0 Å². The molecule has 1 unspecified atom stereocenters. The van der Waals surface area contributed by atoms with Gasteiger partial charge >= 0.3 is 0 Å². The summed E-state index contributed by atoms with van der Waals surface area (Å²) in [5.41, 5.74) is 0.515. The fraction of sp³-hybridized carbons (Fsp3) is 0.333. The highest BCUT2D eigenvalue weighted by Crippen LogP contribution is 2.18. The summed E-state index contributed by atoms with van der Waals surface area (Å²) >= 11 is 0. The van der Waals surface area contributed by atoms with E-state index in [1.807, 2.05) is 6.08 Å². The Balaban J connectivity index is 2.05. The number of hydrogen-bond donors (Lipinski definition) is 1. The van der Waals surface area contributed by atoms with Crippen molar-refractivity contribution in [3.8, 4) is 0 Å². The van der Waals surface area contributed by atoms with E-state index in [4.69, 9.17) is 4.74 Å². The first-order valence-corrected chi connectivity index (χ1v) is 5.01. The normalized spacial score (nSPS) is 17.1. The molecule has 1 aromatic carbocycles. The van der Waals surface area contributed by atoms with Gasteiger partial charge in [0.05, 0.1) is 6.61 Å². The van der Waals surface area contributed by atoms with Gasteiger partial charge in [0, 0.05) is 12.8 Å². The van der Waals surface area contributed by atoms with Crippen LogP contribution in [-0.2, 0) is 11.2 Å². The fourth-order valence-electron chi connectivity index (χ4n) is 1.64. The van der Waals surface area contributed by atoms with Crippen molar-refractivity contribution in [2.75, 3.05) is 6.61 Å². The van der Waals surface area contributed by atoms with Crippen molar-refractivity contribution in [3.05, 3.63) is 47.5 Å². The highest BCUT2D eigenvalue weighted by molar-refractivity contribution is 5.20. The number of halogens is 1. The molecule has 1 aliphatic rings. The second kappa shape index (κ2) is 4.45. The lowest BCUT2D eigenvalue weighted by atomic mass is 10.1. The van der Waals surface area contributed by atoms with Crippen LogP contribution in [0.1, 0.15) is 12.0 Å². The van der Waals surface area contributed by atoms with Crippen LogP contribution in [0.25, 0.3) is 0 Å². The molecule has 0 radical (unpaired) electrons. The zero-order valence-electron chi connectivity index (χ0n) is 8.32. The molecule has 0 aliphatic carbocycles. The third-order valence-corrected chi connectivity index (χ3v) is 2.43. The number of ether oxygens (including phenoxy) is 1. The number of rotatable bonds is 3. The summed E-state index contributed by atoms with van der Waals surface area (Å²) in [5.74, 6) is 0.286. The molecule has 1 N–H and O–H groups in total. The van der Waals surface area contributed by atoms with Gasteiger partial charge in [-0.05, 0) is 17.7 Å². The average Bonchev–Trinajstić information content (AvgIpc) is 2.74. The lowest BCUT2D eigenvalue weighted by molar-refractivity contribution is 0.117. The molecule has 80 valence electrons. The molecular weight excluding hydrogens is 195 g/mol. The quantitative estimate of drug-likeness (QED) is 0.823. The van der Waals surface area contributed by atoms with Crippen LogP contribution >= 0.6 is 0 Å². The maximum Gasteiger partial charge on any atom is 0.126 e. The highest BCUT2D eigenvalue weighted by atomic mass is 19.1. The Labute approximate surface area is 88.0 Å². The molecule has 0 saturated heterocycles. The van der Waals surface area contributed by atoms with E-state index in [1.54, 1.807) is 18.2 Å². The van der Waals surface area contributed by atoms with Gasteiger partial charge in [-0.15, -0.1) is 0 Å². The van der Waals surface area contributed by atoms with Crippen molar-refractivity contribution in [2.45, 2.75) is 18.9 Å². The van der Waals surface area contributed by atoms with Gasteiger partial charge in [-0.2, -0.15) is 0 Å². The zero-order valence-corrected chi connectivity index (χ0v) is 8.32. The Kier molecular flexibility index (Phi) is 3.02. The highest BCUT2D eigenvalue weighted by Gasteiger charge is 2.17. The lowest BCUT2D eigenvalue weighted by Crippen LogP contribution is -2.15. The molecule has 15 heavy (non-hydrogen) atoms. The molecule has 1 aliphatic heterocycles. The minimum absolute atomic E-state index is 0.262. The van der Waals surface area contributed by atoms with Gasteiger partial charge in [0.1, 0.15) is 17.7 Å². The summed E-state index contributed by atoms with van der Waals surface area (Å²) < 4.78 is 18.5. The van der Waals surface area contributed by atoms with Gasteiger partial charge in [-0.25, -0.2) is 4.39 Å². The smallest absolute Gasteiger partial charge is 0.126 e. The first-order chi connectivity index (χ1) is 7.27. The topological polar surface area (TPSA) is 29.5 Å². The summed E-state index contributed by atoms with van der Waals surface area (Å²) in [5, 5.41) is 9.77. The van der Waals surface area contributed by atoms with Crippen LogP contribution in [0.5, 0.6) is 0 Å². The van der Waals surface area contributed by atoms with Crippen LogP contribution in [-0.4, -0.2) is 17.8 Å². The second-order valence-corrected chi connectivity index (χ2v) is 3.55. The number of benzene rings is 1. The van der Waals surface area contributed by atoms with Gasteiger partial charge in [-0.1, -0.05) is 18.2 Å². The SMILES string of the molecule is OC(Cc1ccccc1F)C1=CCCO1. The standard InChI is InChI=1S/C12H13FO2/c13-10-5-2-1-4-9(10)8-11(14)12-6-3-7-15-12/h1-2,4-6,11,14H,3,7-8H2. The number of hydrogen-bond acceptors (Lipinski definition) is 2. The Morgan fingerprint density at radius 2 is 2.20 bits per heavy atom. The van der Waals surface area contributed by atoms with Gasteiger partial charge < -0.3 is 9.84 Å². The predicted molar refractivity (Wildman–Crippen MR) is 54.8 cm³/mol. The maximum atomic E-state index is 13.3. The first-order valence-electron chi connectivity index (χ1n) is 5.01. The lowest BCUT2D eigenvalue weighted by Gasteiger charge is -2.12. The third-order valence-electron chi connectivity index (χ3n) is 2.43. The number of aliphatic hydroxyl groups is 1. The van der Waals surface area contributed by atoms with Crippen LogP contribution in [0, 0.1) is 5.82 Å². The minimum atomic E-state index is -0.732. The Hall–Kier alpha value is -1.35. The van der Waals surface area contributed by atoms with Crippen LogP contribution < -0.4 is 0 Å². The summed E-state index contributed by atoms with van der Waals surface area (Å²) in [6, 6.07) is 6.46. The average molecular weight is 208 g/mol. The molecule has 1 heterocycles. The molecule has 0 bridgehead atoms. The van der Waals surface area contributed by atoms with Crippen molar-refractivity contribution >= 4 is 0 Å². The van der Waals surface area contributed by atoms with E-state index in [0.29, 0.717) is 17.9 Å². The van der Waals surface area contributed by atoms with E-state index >= 15 is 0 Å². The van der Waals surface area contributed by atoms with Crippen LogP contribution in [0.15, 0.2) is 36.1 Å². The molecule has 2 rings (SSSR count). The fourth-order valence-corrected chi connectivity index (χ4v) is 1.64. The molecule has 1 aromatic rings. The Morgan fingerprint density at radius 3 is 2.87 bits per heavy atom. The van der Waals surface area contributed by atoms with Crippen LogP contribution in [0.2, 0.25) is 0 Å². The zero-order chi connectivity index (χ0) is 10.7. The Bertz CT molecular complexity index is 374. The van der Waals surface area contributed by atoms with Crippen molar-refractivity contribution in [2.24, 2.45) is 0 Å². The van der Waals surface area contributed by atoms with E-state index in [0.717, 1.165) is 6.42 Å². The molecular formula is C12H13FO2. The Morgan fingerprint density at radius 1 is 1.40 bits per heavy atom. The predicted octanol–water partition coefficient (Wildman–Crippen LogP) is 2.03. The minimum Gasteiger partial charge on any atom is -0.495 e. The van der Waals surface area contributed by atoms with E-state index < -0.39 is 6.10 Å². The van der Waals surface area contributed by atoms with E-state index in [1.165, 1.54) is 6.07 Å². The summed E-state index contributed by atoms with van der Waals surface area (Å²) in [6.07, 6.45) is 2.21. The summed E-state index contributed by atoms with van der Waals surface area (Å²) in [6.45, 7) is 0.615. The van der Waals surface area contributed by atoms with Crippen molar-refractivity contribution < 1.29 is 14.2 Å². The number of aliphatic hydroxyl groups excluding tert-OH is 1. The van der Waals surface area contributed by atoms with Gasteiger partial charge in [0.25, 0.3) is 0 Å². The first kappa shape index (κ1) is 10.2. The van der Waals surface area contributed by atoms with E-state index in [-0.39, 0.29) is 12.2 Å².